The number of piperazine rings is 1. The average Bonchev–Trinajstić information content (AvgIpc) is 3.45. The molecule has 0 unspecified atom stereocenters. The average molecular weight is 480 g/mol. The van der Waals surface area contributed by atoms with Gasteiger partial charge in [0.15, 0.2) is 5.69 Å². The van der Waals surface area contributed by atoms with Gasteiger partial charge in [-0.25, -0.2) is 0 Å². The highest BCUT2D eigenvalue weighted by Gasteiger charge is 2.25. The molecule has 3 heterocycles. The molecule has 0 aliphatic carbocycles. The summed E-state index contributed by atoms with van der Waals surface area (Å²) < 4.78 is 5.97. The maximum atomic E-state index is 13.2. The van der Waals surface area contributed by atoms with Crippen LogP contribution in [0.25, 0.3) is 21.9 Å². The van der Waals surface area contributed by atoms with Crippen molar-refractivity contribution in [3.63, 3.8) is 0 Å². The highest BCUT2D eigenvalue weighted by atomic mass is 16.3. The molecule has 0 atom stereocenters. The van der Waals surface area contributed by atoms with Crippen LogP contribution in [0.2, 0.25) is 0 Å². The molecule has 8 nitrogen and oxygen atoms in total. The highest BCUT2D eigenvalue weighted by Crippen LogP contribution is 2.36. The first kappa shape index (κ1) is 22.1. The molecule has 1 amide bonds. The van der Waals surface area contributed by atoms with E-state index in [-0.39, 0.29) is 17.3 Å². The van der Waals surface area contributed by atoms with Crippen molar-refractivity contribution in [1.29, 1.82) is 0 Å². The van der Waals surface area contributed by atoms with E-state index < -0.39 is 5.91 Å². The normalized spacial score (nSPS) is 14.8. The number of rotatable bonds is 5. The maximum Gasteiger partial charge on any atom is 0.331 e. The number of amides is 1. The molecular weight excluding hydrogens is 454 g/mol. The molecule has 180 valence electrons. The first-order chi connectivity index (χ1) is 17.7. The quantitative estimate of drug-likeness (QED) is 0.308. The van der Waals surface area contributed by atoms with Crippen molar-refractivity contribution in [2.45, 2.75) is 6.54 Å². The number of aromatic hydroxyl groups is 1. The number of benzene rings is 3. The third-order valence-electron chi connectivity index (χ3n) is 6.67. The lowest BCUT2D eigenvalue weighted by Gasteiger charge is -2.36. The number of carbonyl (C=O) groups excluding carboxylic acids is 1. The molecule has 5 aromatic rings. The SMILES string of the molecule is O=C(N=Nc1c(O)[nH]c2ccccc12)c1oc2ccccc2c1CN1CCN(c2ccccc2)CC1. The van der Waals surface area contributed by atoms with Crippen molar-refractivity contribution < 1.29 is 14.3 Å². The number of para-hydroxylation sites is 3. The number of azo groups is 1. The number of nitrogens with one attached hydrogen (secondary N) is 1. The monoisotopic (exact) mass is 479 g/mol. The minimum absolute atomic E-state index is 0.131. The van der Waals surface area contributed by atoms with E-state index >= 15 is 0 Å². The molecule has 1 fully saturated rings. The zero-order valence-electron chi connectivity index (χ0n) is 19.6. The summed E-state index contributed by atoms with van der Waals surface area (Å²) in [6, 6.07) is 25.4. The lowest BCUT2D eigenvalue weighted by Crippen LogP contribution is -2.46. The predicted octanol–water partition coefficient (Wildman–Crippen LogP) is 5.87. The Kier molecular flexibility index (Phi) is 5.71. The Morgan fingerprint density at radius 3 is 2.39 bits per heavy atom. The summed E-state index contributed by atoms with van der Waals surface area (Å²) in [4.78, 5) is 20.7. The number of H-pyrrole nitrogens is 1. The molecule has 2 aromatic heterocycles. The van der Waals surface area contributed by atoms with Crippen molar-refractivity contribution in [2.75, 3.05) is 31.1 Å². The van der Waals surface area contributed by atoms with Crippen LogP contribution < -0.4 is 4.90 Å². The van der Waals surface area contributed by atoms with Crippen molar-refractivity contribution in [1.82, 2.24) is 9.88 Å². The lowest BCUT2D eigenvalue weighted by molar-refractivity contribution is 0.0967. The Hall–Kier alpha value is -4.43. The van der Waals surface area contributed by atoms with Gasteiger partial charge in [-0.2, -0.15) is 0 Å². The van der Waals surface area contributed by atoms with Crippen molar-refractivity contribution in [3.05, 3.63) is 90.2 Å². The molecule has 1 saturated heterocycles. The van der Waals surface area contributed by atoms with E-state index in [1.54, 1.807) is 0 Å². The van der Waals surface area contributed by atoms with Crippen LogP contribution in [0, 0.1) is 0 Å². The predicted molar refractivity (Wildman–Crippen MR) is 139 cm³/mol. The summed E-state index contributed by atoms with van der Waals surface area (Å²) in [5.41, 5.74) is 3.63. The van der Waals surface area contributed by atoms with E-state index in [0.29, 0.717) is 17.5 Å². The van der Waals surface area contributed by atoms with Crippen LogP contribution in [0.3, 0.4) is 0 Å². The van der Waals surface area contributed by atoms with Crippen molar-refractivity contribution in [2.24, 2.45) is 10.2 Å². The molecule has 1 aliphatic heterocycles. The Morgan fingerprint density at radius 1 is 0.889 bits per heavy atom. The fraction of sp³-hybridized carbons (Fsp3) is 0.179. The lowest BCUT2D eigenvalue weighted by atomic mass is 10.1. The number of anilines is 1. The van der Waals surface area contributed by atoms with Crippen molar-refractivity contribution in [3.8, 4) is 5.88 Å². The summed E-state index contributed by atoms with van der Waals surface area (Å²) in [7, 11) is 0. The molecular formula is C28H25N5O3. The fourth-order valence-corrected chi connectivity index (χ4v) is 4.81. The number of aromatic amines is 1. The van der Waals surface area contributed by atoms with E-state index in [1.807, 2.05) is 54.6 Å². The Balaban J connectivity index is 1.25. The second kappa shape index (κ2) is 9.31. The zero-order valence-corrected chi connectivity index (χ0v) is 19.6. The number of hydrogen-bond donors (Lipinski definition) is 2. The summed E-state index contributed by atoms with van der Waals surface area (Å²) >= 11 is 0. The summed E-state index contributed by atoms with van der Waals surface area (Å²) in [6.45, 7) is 4.12. The Morgan fingerprint density at radius 2 is 1.58 bits per heavy atom. The van der Waals surface area contributed by atoms with Gasteiger partial charge in [-0.1, -0.05) is 54.6 Å². The summed E-state index contributed by atoms with van der Waals surface area (Å²) in [6.07, 6.45) is 0. The molecule has 0 saturated carbocycles. The number of aromatic nitrogens is 1. The maximum absolute atomic E-state index is 13.2. The number of fused-ring (bicyclic) bond motifs is 2. The molecule has 8 heteroatoms. The van der Waals surface area contributed by atoms with Gasteiger partial charge >= 0.3 is 5.91 Å². The van der Waals surface area contributed by atoms with E-state index in [4.69, 9.17) is 4.42 Å². The first-order valence-electron chi connectivity index (χ1n) is 12.0. The number of nitrogens with zero attached hydrogens (tertiary/aromatic N) is 4. The third-order valence-corrected chi connectivity index (χ3v) is 6.67. The van der Waals surface area contributed by atoms with Crippen LogP contribution in [-0.2, 0) is 6.54 Å². The van der Waals surface area contributed by atoms with E-state index in [9.17, 15) is 9.90 Å². The van der Waals surface area contributed by atoms with Gasteiger partial charge in [0.1, 0.15) is 5.58 Å². The summed E-state index contributed by atoms with van der Waals surface area (Å²) in [5.74, 6) is -0.521. The number of carbonyl (C=O) groups is 1. The minimum Gasteiger partial charge on any atom is -0.493 e. The van der Waals surface area contributed by atoms with Crippen LogP contribution in [0.1, 0.15) is 16.1 Å². The van der Waals surface area contributed by atoms with Crippen LogP contribution in [0.5, 0.6) is 5.88 Å². The molecule has 2 N–H and O–H groups in total. The molecule has 36 heavy (non-hydrogen) atoms. The Labute approximate surface area is 207 Å². The molecule has 0 spiro atoms. The van der Waals surface area contributed by atoms with Gasteiger partial charge in [-0.3, -0.25) is 9.69 Å². The summed E-state index contributed by atoms with van der Waals surface area (Å²) in [5, 5.41) is 19.9. The van der Waals surface area contributed by atoms with Crippen molar-refractivity contribution >= 4 is 39.2 Å². The second-order valence-corrected chi connectivity index (χ2v) is 8.88. The van der Waals surface area contributed by atoms with Crippen LogP contribution >= 0.6 is 0 Å². The standard InChI is InChI=1S/C28H25N5O3/c34-27-25(21-11-4-6-12-23(21)29-27)30-31-28(35)26-22(20-10-5-7-13-24(20)36-26)18-32-14-16-33(17-15-32)19-8-2-1-3-9-19/h1-13,29,34H,14-18H2. The highest BCUT2D eigenvalue weighted by molar-refractivity contribution is 6.00. The van der Waals surface area contributed by atoms with Gasteiger partial charge in [0.05, 0.1) is 5.52 Å². The molecule has 0 bridgehead atoms. The van der Waals surface area contributed by atoms with E-state index in [1.165, 1.54) is 5.69 Å². The van der Waals surface area contributed by atoms with E-state index in [2.05, 4.69) is 49.3 Å². The van der Waals surface area contributed by atoms with Gasteiger partial charge in [0, 0.05) is 54.7 Å². The second-order valence-electron chi connectivity index (χ2n) is 8.88. The molecule has 6 rings (SSSR count). The van der Waals surface area contributed by atoms with Gasteiger partial charge < -0.3 is 19.4 Å². The topological polar surface area (TPSA) is 97.4 Å². The molecule has 3 aromatic carbocycles. The van der Waals surface area contributed by atoms with Gasteiger partial charge in [0.25, 0.3) is 0 Å². The van der Waals surface area contributed by atoms with Crippen LogP contribution in [0.4, 0.5) is 11.4 Å². The first-order valence-corrected chi connectivity index (χ1v) is 12.0. The molecule has 0 radical (unpaired) electrons. The minimum atomic E-state index is -0.575. The van der Waals surface area contributed by atoms with Gasteiger partial charge in [-0.15, -0.1) is 10.2 Å². The van der Waals surface area contributed by atoms with Crippen LogP contribution in [-0.4, -0.2) is 47.1 Å². The zero-order chi connectivity index (χ0) is 24.5. The fourth-order valence-electron chi connectivity index (χ4n) is 4.81. The van der Waals surface area contributed by atoms with E-state index in [0.717, 1.165) is 42.6 Å². The smallest absolute Gasteiger partial charge is 0.331 e. The molecule has 1 aliphatic rings. The third kappa shape index (κ3) is 4.12. The van der Waals surface area contributed by atoms with Crippen LogP contribution in [0.15, 0.2) is 93.5 Å². The Bertz CT molecular complexity index is 1560. The van der Waals surface area contributed by atoms with Gasteiger partial charge in [-0.05, 0) is 24.3 Å². The number of furan rings is 1. The van der Waals surface area contributed by atoms with Gasteiger partial charge in [0.2, 0.25) is 11.6 Å². The number of hydrogen-bond acceptors (Lipinski definition) is 6. The largest absolute Gasteiger partial charge is 0.493 e.